The number of aryl methyl sites for hydroxylation is 1. The molecule has 0 N–H and O–H groups in total. The zero-order chi connectivity index (χ0) is 13.1. The molecule has 1 aromatic rings. The minimum absolute atomic E-state index is 0.0982. The molecule has 5 heteroatoms. The van der Waals surface area contributed by atoms with Crippen molar-refractivity contribution in [2.45, 2.75) is 32.2 Å². The first-order valence-corrected chi connectivity index (χ1v) is 6.16. The van der Waals surface area contributed by atoms with Crippen LogP contribution >= 0.6 is 0 Å². The first-order chi connectivity index (χ1) is 8.67. The third-order valence-corrected chi connectivity index (χ3v) is 3.31. The summed E-state index contributed by atoms with van der Waals surface area (Å²) in [5.74, 6) is 0. The number of non-ortho nitro benzene ring substituents is 1. The Hall–Kier alpha value is -1.91. The van der Waals surface area contributed by atoms with Crippen LogP contribution in [-0.2, 0) is 11.2 Å². The van der Waals surface area contributed by atoms with Crippen LogP contribution in [0.1, 0.15) is 25.3 Å². The maximum absolute atomic E-state index is 11.1. The van der Waals surface area contributed by atoms with E-state index < -0.39 is 0 Å². The molecule has 0 saturated heterocycles. The van der Waals surface area contributed by atoms with Crippen molar-refractivity contribution >= 4 is 17.7 Å². The number of nitro groups is 1. The van der Waals surface area contributed by atoms with Crippen molar-refractivity contribution in [1.29, 1.82) is 0 Å². The van der Waals surface area contributed by atoms with E-state index in [0.29, 0.717) is 0 Å². The number of rotatable bonds is 4. The Morgan fingerprint density at radius 2 is 2.33 bits per heavy atom. The minimum Gasteiger partial charge on any atom is -0.362 e. The highest BCUT2D eigenvalue weighted by Gasteiger charge is 2.26. The second-order valence-electron chi connectivity index (χ2n) is 4.51. The molecular formula is C13H16N2O3. The molecule has 96 valence electrons. The van der Waals surface area contributed by atoms with Gasteiger partial charge < -0.3 is 9.69 Å². The van der Waals surface area contributed by atoms with Crippen LogP contribution in [0.15, 0.2) is 18.2 Å². The molecule has 0 saturated carbocycles. The Labute approximate surface area is 106 Å². The molecule has 1 aromatic carbocycles. The molecule has 0 radical (unpaired) electrons. The maximum Gasteiger partial charge on any atom is 0.269 e. The highest BCUT2D eigenvalue weighted by atomic mass is 16.6. The van der Waals surface area contributed by atoms with Crippen LogP contribution < -0.4 is 4.90 Å². The summed E-state index contributed by atoms with van der Waals surface area (Å²) >= 11 is 0. The summed E-state index contributed by atoms with van der Waals surface area (Å²) < 4.78 is 0. The molecule has 0 aromatic heterocycles. The molecule has 1 aliphatic rings. The minimum atomic E-state index is -0.379. The quantitative estimate of drug-likeness (QED) is 0.466. The van der Waals surface area contributed by atoms with Gasteiger partial charge in [0.15, 0.2) is 0 Å². The summed E-state index contributed by atoms with van der Waals surface area (Å²) in [6.07, 6.45) is 3.37. The van der Waals surface area contributed by atoms with Crippen molar-refractivity contribution in [3.05, 3.63) is 33.9 Å². The standard InChI is InChI=1S/C13H16N2O3/c1-2-7-14-12(9-16)4-3-10-8-11(15(17)18)5-6-13(10)14/h5-6,8-9,12H,2-4,7H2,1H3. The normalized spacial score (nSPS) is 18.3. The first kappa shape index (κ1) is 12.5. The Bertz CT molecular complexity index is 473. The molecule has 1 atom stereocenters. The van der Waals surface area contributed by atoms with Gasteiger partial charge in [-0.05, 0) is 30.9 Å². The van der Waals surface area contributed by atoms with Crippen LogP contribution in [0, 0.1) is 10.1 Å². The molecule has 18 heavy (non-hydrogen) atoms. The van der Waals surface area contributed by atoms with E-state index in [2.05, 4.69) is 11.8 Å². The summed E-state index contributed by atoms with van der Waals surface area (Å²) in [5.41, 5.74) is 2.05. The van der Waals surface area contributed by atoms with E-state index in [1.807, 2.05) is 0 Å². The number of fused-ring (bicyclic) bond motifs is 1. The smallest absolute Gasteiger partial charge is 0.269 e. The molecule has 0 spiro atoms. The largest absolute Gasteiger partial charge is 0.362 e. The average molecular weight is 248 g/mol. The topological polar surface area (TPSA) is 63.4 Å². The van der Waals surface area contributed by atoms with Gasteiger partial charge in [0, 0.05) is 24.4 Å². The Morgan fingerprint density at radius 1 is 1.56 bits per heavy atom. The van der Waals surface area contributed by atoms with Crippen LogP contribution in [-0.4, -0.2) is 23.8 Å². The lowest BCUT2D eigenvalue weighted by molar-refractivity contribution is -0.384. The van der Waals surface area contributed by atoms with Gasteiger partial charge in [-0.25, -0.2) is 0 Å². The number of nitro benzene ring substituents is 1. The van der Waals surface area contributed by atoms with Crippen molar-refractivity contribution in [3.8, 4) is 0 Å². The van der Waals surface area contributed by atoms with Crippen molar-refractivity contribution in [2.24, 2.45) is 0 Å². The van der Waals surface area contributed by atoms with Gasteiger partial charge in [0.2, 0.25) is 0 Å². The van der Waals surface area contributed by atoms with Gasteiger partial charge in [-0.1, -0.05) is 6.92 Å². The van der Waals surface area contributed by atoms with E-state index in [9.17, 15) is 14.9 Å². The Balaban J connectivity index is 2.39. The lowest BCUT2D eigenvalue weighted by Crippen LogP contribution is -2.40. The highest BCUT2D eigenvalue weighted by Crippen LogP contribution is 2.32. The summed E-state index contributed by atoms with van der Waals surface area (Å²) in [4.78, 5) is 23.5. The summed E-state index contributed by atoms with van der Waals surface area (Å²) in [7, 11) is 0. The average Bonchev–Trinajstić information content (AvgIpc) is 2.38. The summed E-state index contributed by atoms with van der Waals surface area (Å²) in [5, 5.41) is 10.8. The number of carbonyl (C=O) groups excluding carboxylic acids is 1. The van der Waals surface area contributed by atoms with E-state index >= 15 is 0 Å². The van der Waals surface area contributed by atoms with E-state index in [0.717, 1.165) is 43.3 Å². The Morgan fingerprint density at radius 3 is 2.94 bits per heavy atom. The van der Waals surface area contributed by atoms with E-state index in [4.69, 9.17) is 0 Å². The van der Waals surface area contributed by atoms with Crippen LogP contribution in [0.2, 0.25) is 0 Å². The maximum atomic E-state index is 11.1. The third kappa shape index (κ3) is 2.20. The number of anilines is 1. The van der Waals surface area contributed by atoms with Crippen LogP contribution in [0.25, 0.3) is 0 Å². The van der Waals surface area contributed by atoms with Crippen LogP contribution in [0.3, 0.4) is 0 Å². The molecule has 1 heterocycles. The zero-order valence-electron chi connectivity index (χ0n) is 10.3. The zero-order valence-corrected chi connectivity index (χ0v) is 10.3. The lowest BCUT2D eigenvalue weighted by Gasteiger charge is -2.35. The van der Waals surface area contributed by atoms with Gasteiger partial charge in [0.25, 0.3) is 5.69 Å². The predicted octanol–water partition coefficient (Wildman–Crippen LogP) is 2.32. The number of hydrogen-bond donors (Lipinski definition) is 0. The fourth-order valence-electron chi connectivity index (χ4n) is 2.47. The molecule has 5 nitrogen and oxygen atoms in total. The van der Waals surface area contributed by atoms with Crippen molar-refractivity contribution in [3.63, 3.8) is 0 Å². The number of carbonyl (C=O) groups is 1. The number of nitrogens with zero attached hydrogens (tertiary/aromatic N) is 2. The van der Waals surface area contributed by atoms with Gasteiger partial charge in [0.05, 0.1) is 11.0 Å². The molecule has 1 unspecified atom stereocenters. The number of aldehydes is 1. The fourth-order valence-corrected chi connectivity index (χ4v) is 2.47. The molecule has 0 amide bonds. The predicted molar refractivity (Wildman–Crippen MR) is 68.9 cm³/mol. The van der Waals surface area contributed by atoms with E-state index in [1.165, 1.54) is 6.07 Å². The molecule has 2 rings (SSSR count). The lowest BCUT2D eigenvalue weighted by atomic mass is 9.95. The molecule has 0 fully saturated rings. The first-order valence-electron chi connectivity index (χ1n) is 6.16. The third-order valence-electron chi connectivity index (χ3n) is 3.31. The molecule has 1 aliphatic heterocycles. The van der Waals surface area contributed by atoms with Gasteiger partial charge in [-0.3, -0.25) is 10.1 Å². The van der Waals surface area contributed by atoms with Crippen molar-refractivity contribution in [1.82, 2.24) is 0 Å². The monoisotopic (exact) mass is 248 g/mol. The second-order valence-corrected chi connectivity index (χ2v) is 4.51. The number of hydrogen-bond acceptors (Lipinski definition) is 4. The second kappa shape index (κ2) is 5.16. The van der Waals surface area contributed by atoms with Gasteiger partial charge in [0.1, 0.15) is 6.29 Å². The van der Waals surface area contributed by atoms with Crippen molar-refractivity contribution in [2.75, 3.05) is 11.4 Å². The summed E-state index contributed by atoms with van der Waals surface area (Å²) in [6, 6.07) is 4.80. The van der Waals surface area contributed by atoms with Crippen molar-refractivity contribution < 1.29 is 9.72 Å². The van der Waals surface area contributed by atoms with Crippen LogP contribution in [0.5, 0.6) is 0 Å². The molecular weight excluding hydrogens is 232 g/mol. The Kier molecular flexibility index (Phi) is 3.60. The molecule has 0 bridgehead atoms. The highest BCUT2D eigenvalue weighted by molar-refractivity contribution is 5.71. The SMILES string of the molecule is CCCN1c2ccc([N+](=O)[O-])cc2CCC1C=O. The van der Waals surface area contributed by atoms with E-state index in [-0.39, 0.29) is 16.7 Å². The van der Waals surface area contributed by atoms with Gasteiger partial charge >= 0.3 is 0 Å². The fraction of sp³-hybridized carbons (Fsp3) is 0.462. The van der Waals surface area contributed by atoms with Gasteiger partial charge in [-0.2, -0.15) is 0 Å². The van der Waals surface area contributed by atoms with E-state index in [1.54, 1.807) is 12.1 Å². The summed E-state index contributed by atoms with van der Waals surface area (Å²) in [6.45, 7) is 2.86. The van der Waals surface area contributed by atoms with Gasteiger partial charge in [-0.15, -0.1) is 0 Å². The molecule has 0 aliphatic carbocycles. The number of benzene rings is 1. The van der Waals surface area contributed by atoms with Crippen LogP contribution in [0.4, 0.5) is 11.4 Å².